The van der Waals surface area contributed by atoms with Crippen molar-refractivity contribution in [3.05, 3.63) is 11.3 Å². The Balaban J connectivity index is 2.02. The number of nitrogens with zero attached hydrogens (tertiary/aromatic N) is 1. The van der Waals surface area contributed by atoms with Gasteiger partial charge in [-0.1, -0.05) is 0 Å². The molecule has 0 atom stereocenters. The van der Waals surface area contributed by atoms with Crippen molar-refractivity contribution in [2.24, 2.45) is 0 Å². The lowest BCUT2D eigenvalue weighted by atomic mass is 9.85. The number of hydrogen-bond donors (Lipinski definition) is 0. The summed E-state index contributed by atoms with van der Waals surface area (Å²) < 4.78 is 31.3. The van der Waals surface area contributed by atoms with E-state index in [1.807, 2.05) is 27.7 Å². The number of hydrogen-bond acceptors (Lipinski definition) is 4. The van der Waals surface area contributed by atoms with Crippen LogP contribution in [0.25, 0.3) is 0 Å². The minimum atomic E-state index is -0.888. The van der Waals surface area contributed by atoms with Gasteiger partial charge in [0.15, 0.2) is 0 Å². The minimum Gasteiger partial charge on any atom is -0.398 e. The molecule has 0 aromatic carbocycles. The molecule has 0 amide bonds. The molecule has 6 heteroatoms. The average Bonchev–Trinajstić information content (AvgIpc) is 2.58. The van der Waals surface area contributed by atoms with Gasteiger partial charge in [0.25, 0.3) is 0 Å². The minimum absolute atomic E-state index is 0.296. The maximum Gasteiger partial charge on any atom is 0.525 e. The van der Waals surface area contributed by atoms with Crippen LogP contribution in [0.2, 0.25) is 0 Å². The summed E-state index contributed by atoms with van der Waals surface area (Å²) in [6, 6.07) is 0. The van der Waals surface area contributed by atoms with Crippen molar-refractivity contribution in [2.75, 3.05) is 32.8 Å². The molecule has 0 aliphatic carbocycles. The van der Waals surface area contributed by atoms with Crippen LogP contribution < -0.4 is 0 Å². The quantitative estimate of drug-likeness (QED) is 0.744. The third-order valence-corrected chi connectivity index (χ3v) is 4.43. The lowest BCUT2D eigenvalue weighted by Gasteiger charge is -2.32. The summed E-state index contributed by atoms with van der Waals surface area (Å²) in [5, 5.41) is 0. The molecule has 0 aromatic rings. The second-order valence-corrected chi connectivity index (χ2v) is 6.61. The van der Waals surface area contributed by atoms with E-state index in [2.05, 4.69) is 4.90 Å². The Kier molecular flexibility index (Phi) is 4.59. The summed E-state index contributed by atoms with van der Waals surface area (Å²) in [5.41, 5.74) is -0.636. The molecule has 0 radical (unpaired) electrons. The van der Waals surface area contributed by atoms with E-state index in [0.29, 0.717) is 25.3 Å². The van der Waals surface area contributed by atoms with Crippen molar-refractivity contribution in [1.82, 2.24) is 4.90 Å². The number of rotatable bonds is 3. The zero-order valence-electron chi connectivity index (χ0n) is 13.2. The molecule has 2 aliphatic heterocycles. The smallest absolute Gasteiger partial charge is 0.398 e. The molecule has 4 nitrogen and oxygen atoms in total. The SMILES string of the molecule is CC(CN1CCOCC1)=C(F)B1OC(C)(C)C(C)(C)O1. The monoisotopic (exact) mass is 285 g/mol. The summed E-state index contributed by atoms with van der Waals surface area (Å²) in [6.07, 6.45) is 0. The van der Waals surface area contributed by atoms with E-state index in [1.54, 1.807) is 6.92 Å². The summed E-state index contributed by atoms with van der Waals surface area (Å²) >= 11 is 0. The Hall–Kier alpha value is -0.425. The number of ether oxygens (including phenoxy) is 1. The van der Waals surface area contributed by atoms with Crippen LogP contribution in [0, 0.1) is 0 Å². The zero-order valence-corrected chi connectivity index (χ0v) is 13.2. The molecule has 2 saturated heterocycles. The van der Waals surface area contributed by atoms with Gasteiger partial charge < -0.3 is 14.0 Å². The lowest BCUT2D eigenvalue weighted by molar-refractivity contribution is 0.00578. The summed E-state index contributed by atoms with van der Waals surface area (Å²) in [5.74, 6) is 0. The van der Waals surface area contributed by atoms with Gasteiger partial charge in [-0.25, -0.2) is 4.39 Å². The van der Waals surface area contributed by atoms with Crippen LogP contribution in [0.5, 0.6) is 0 Å². The van der Waals surface area contributed by atoms with Gasteiger partial charge in [-0.3, -0.25) is 4.90 Å². The third kappa shape index (κ3) is 3.24. The highest BCUT2D eigenvalue weighted by Gasteiger charge is 2.53. The Morgan fingerprint density at radius 2 is 1.60 bits per heavy atom. The van der Waals surface area contributed by atoms with Crippen LogP contribution in [-0.2, 0) is 14.0 Å². The van der Waals surface area contributed by atoms with Crippen LogP contribution in [-0.4, -0.2) is 56.1 Å². The van der Waals surface area contributed by atoms with E-state index in [1.165, 1.54) is 0 Å². The fourth-order valence-electron chi connectivity index (χ4n) is 2.32. The van der Waals surface area contributed by atoms with Gasteiger partial charge in [0.1, 0.15) is 5.73 Å². The highest BCUT2D eigenvalue weighted by atomic mass is 19.1. The van der Waals surface area contributed by atoms with E-state index in [4.69, 9.17) is 14.0 Å². The van der Waals surface area contributed by atoms with Gasteiger partial charge >= 0.3 is 7.12 Å². The van der Waals surface area contributed by atoms with Gasteiger partial charge in [-0.2, -0.15) is 0 Å². The topological polar surface area (TPSA) is 30.9 Å². The fourth-order valence-corrected chi connectivity index (χ4v) is 2.32. The van der Waals surface area contributed by atoms with Gasteiger partial charge in [0.05, 0.1) is 24.4 Å². The number of morpholine rings is 1. The van der Waals surface area contributed by atoms with Crippen molar-refractivity contribution in [3.63, 3.8) is 0 Å². The second kappa shape index (κ2) is 5.75. The van der Waals surface area contributed by atoms with E-state index < -0.39 is 18.3 Å². The predicted octanol–water partition coefficient (Wildman–Crippen LogP) is 2.19. The van der Waals surface area contributed by atoms with Crippen LogP contribution in [0.1, 0.15) is 34.6 Å². The predicted molar refractivity (Wildman–Crippen MR) is 77.1 cm³/mol. The van der Waals surface area contributed by atoms with Crippen molar-refractivity contribution >= 4 is 7.12 Å². The molecule has 2 fully saturated rings. The first-order valence-corrected chi connectivity index (χ1v) is 7.24. The normalized spacial score (nSPS) is 27.6. The molecule has 0 bridgehead atoms. The van der Waals surface area contributed by atoms with E-state index in [-0.39, 0.29) is 5.73 Å². The molecule has 0 spiro atoms. The molecule has 0 unspecified atom stereocenters. The third-order valence-electron chi connectivity index (χ3n) is 4.43. The van der Waals surface area contributed by atoms with Crippen LogP contribution >= 0.6 is 0 Å². The summed E-state index contributed by atoms with van der Waals surface area (Å²) in [4.78, 5) is 2.18. The molecule has 0 saturated carbocycles. The molecule has 114 valence electrons. The molecule has 2 heterocycles. The highest BCUT2D eigenvalue weighted by Crippen LogP contribution is 2.39. The van der Waals surface area contributed by atoms with Gasteiger partial charge in [0.2, 0.25) is 0 Å². The van der Waals surface area contributed by atoms with Gasteiger partial charge in [0, 0.05) is 19.6 Å². The largest absolute Gasteiger partial charge is 0.525 e. The van der Waals surface area contributed by atoms with Gasteiger partial charge in [-0.15, -0.1) is 0 Å². The van der Waals surface area contributed by atoms with E-state index >= 15 is 0 Å². The van der Waals surface area contributed by atoms with Gasteiger partial charge in [-0.05, 0) is 40.2 Å². The summed E-state index contributed by atoms with van der Waals surface area (Å²) in [7, 11) is -0.888. The molecule has 2 rings (SSSR count). The highest BCUT2D eigenvalue weighted by molar-refractivity contribution is 6.53. The second-order valence-electron chi connectivity index (χ2n) is 6.61. The molecular formula is C14H25BFNO3. The standard InChI is InChI=1S/C14H25BFNO3/c1-11(10-17-6-8-18-9-7-17)12(16)15-19-13(2,3)14(4,5)20-15/h6-10H2,1-5H3. The molecule has 0 aromatic heterocycles. The van der Waals surface area contributed by atoms with E-state index in [0.717, 1.165) is 13.1 Å². The zero-order chi connectivity index (χ0) is 15.0. The van der Waals surface area contributed by atoms with Crippen LogP contribution in [0.3, 0.4) is 0 Å². The summed E-state index contributed by atoms with van der Waals surface area (Å²) in [6.45, 7) is 13.2. The molecule has 2 aliphatic rings. The van der Waals surface area contributed by atoms with E-state index in [9.17, 15) is 4.39 Å². The maximum absolute atomic E-state index is 14.5. The Labute approximate surface area is 121 Å². The maximum atomic E-state index is 14.5. The molecule has 20 heavy (non-hydrogen) atoms. The first-order chi connectivity index (χ1) is 9.23. The van der Waals surface area contributed by atoms with Crippen LogP contribution in [0.15, 0.2) is 11.3 Å². The van der Waals surface area contributed by atoms with Crippen LogP contribution in [0.4, 0.5) is 4.39 Å². The van der Waals surface area contributed by atoms with Crippen molar-refractivity contribution in [3.8, 4) is 0 Å². The first kappa shape index (κ1) is 16.0. The van der Waals surface area contributed by atoms with Crippen molar-refractivity contribution in [2.45, 2.75) is 45.8 Å². The molecule has 0 N–H and O–H groups in total. The van der Waals surface area contributed by atoms with Crippen molar-refractivity contribution in [1.29, 1.82) is 0 Å². The molecular weight excluding hydrogens is 260 g/mol. The Morgan fingerprint density at radius 3 is 2.10 bits per heavy atom. The Bertz CT molecular complexity index is 376. The lowest BCUT2D eigenvalue weighted by Crippen LogP contribution is -2.41. The average molecular weight is 285 g/mol. The fraction of sp³-hybridized carbons (Fsp3) is 0.857. The Morgan fingerprint density at radius 1 is 1.10 bits per heavy atom. The number of halogens is 1. The van der Waals surface area contributed by atoms with Crippen molar-refractivity contribution < 1.29 is 18.4 Å². The first-order valence-electron chi connectivity index (χ1n) is 7.24.